The topological polar surface area (TPSA) is 80.8 Å². The highest BCUT2D eigenvalue weighted by molar-refractivity contribution is 6.07. The number of pyridine rings is 1. The molecule has 7 heteroatoms. The molecular formula is C21H23N3O4. The highest BCUT2D eigenvalue weighted by atomic mass is 16.5. The molecule has 0 atom stereocenters. The number of amides is 1. The van der Waals surface area contributed by atoms with E-state index >= 15 is 0 Å². The number of anilines is 2. The van der Waals surface area contributed by atoms with Crippen molar-refractivity contribution in [3.63, 3.8) is 0 Å². The van der Waals surface area contributed by atoms with Gasteiger partial charge in [0.2, 0.25) is 5.88 Å². The van der Waals surface area contributed by atoms with Crippen LogP contribution in [0, 0.1) is 5.41 Å². The van der Waals surface area contributed by atoms with Gasteiger partial charge in [0.1, 0.15) is 12.1 Å². The van der Waals surface area contributed by atoms with Gasteiger partial charge in [0, 0.05) is 49.0 Å². The van der Waals surface area contributed by atoms with Crippen LogP contribution in [0.25, 0.3) is 0 Å². The maximum Gasteiger partial charge on any atom is 0.259 e. The molecule has 0 aliphatic carbocycles. The van der Waals surface area contributed by atoms with Crippen LogP contribution < -0.4 is 15.0 Å². The molecule has 1 aromatic heterocycles. The molecule has 7 nitrogen and oxygen atoms in total. The van der Waals surface area contributed by atoms with Crippen LogP contribution in [-0.4, -0.2) is 50.6 Å². The van der Waals surface area contributed by atoms with E-state index in [-0.39, 0.29) is 11.3 Å². The van der Waals surface area contributed by atoms with Crippen LogP contribution >= 0.6 is 0 Å². The van der Waals surface area contributed by atoms with Crippen LogP contribution in [0.4, 0.5) is 11.5 Å². The Balaban J connectivity index is 1.54. The Labute approximate surface area is 163 Å². The summed E-state index contributed by atoms with van der Waals surface area (Å²) in [6.07, 6.45) is 2.85. The number of carbonyl (C=O) groups excluding carboxylic acids is 2. The third-order valence-electron chi connectivity index (χ3n) is 5.51. The molecule has 1 spiro atoms. The smallest absolute Gasteiger partial charge is 0.259 e. The van der Waals surface area contributed by atoms with E-state index in [1.54, 1.807) is 43.5 Å². The minimum absolute atomic E-state index is 0.239. The van der Waals surface area contributed by atoms with Gasteiger partial charge in [-0.15, -0.1) is 0 Å². The molecule has 3 heterocycles. The zero-order valence-electron chi connectivity index (χ0n) is 15.8. The molecule has 0 bridgehead atoms. The van der Waals surface area contributed by atoms with Gasteiger partial charge in [0.05, 0.1) is 12.7 Å². The molecule has 4 rings (SSSR count). The summed E-state index contributed by atoms with van der Waals surface area (Å²) < 4.78 is 10.7. The molecular weight excluding hydrogens is 358 g/mol. The molecule has 2 aliphatic rings. The number of nitrogens with zero attached hydrogens (tertiary/aromatic N) is 2. The molecule has 0 unspecified atom stereocenters. The summed E-state index contributed by atoms with van der Waals surface area (Å²) >= 11 is 0. The monoisotopic (exact) mass is 381 g/mol. The third kappa shape index (κ3) is 3.57. The summed E-state index contributed by atoms with van der Waals surface area (Å²) in [6, 6.07) is 10.2. The van der Waals surface area contributed by atoms with Crippen molar-refractivity contribution in [1.29, 1.82) is 0 Å². The lowest BCUT2D eigenvalue weighted by Gasteiger charge is -2.53. The van der Waals surface area contributed by atoms with Crippen molar-refractivity contribution in [2.45, 2.75) is 12.8 Å². The Morgan fingerprint density at radius 3 is 2.54 bits per heavy atom. The maximum atomic E-state index is 12.9. The van der Waals surface area contributed by atoms with E-state index in [2.05, 4.69) is 15.2 Å². The Hall–Kier alpha value is -2.93. The van der Waals surface area contributed by atoms with Gasteiger partial charge < -0.3 is 19.7 Å². The lowest BCUT2D eigenvalue weighted by Crippen LogP contribution is -2.59. The average Bonchev–Trinajstić information content (AvgIpc) is 2.72. The van der Waals surface area contributed by atoms with Crippen molar-refractivity contribution in [2.75, 3.05) is 43.6 Å². The quantitative estimate of drug-likeness (QED) is 0.802. The Morgan fingerprint density at radius 2 is 1.89 bits per heavy atom. The average molecular weight is 381 g/mol. The second-order valence-electron chi connectivity index (χ2n) is 7.39. The van der Waals surface area contributed by atoms with Gasteiger partial charge in [0.15, 0.2) is 0 Å². The van der Waals surface area contributed by atoms with E-state index in [9.17, 15) is 9.59 Å². The van der Waals surface area contributed by atoms with E-state index in [1.165, 1.54) is 0 Å². The number of hydrogen-bond donors (Lipinski definition) is 1. The SMILES string of the molecule is COc1ccc(C(=O)Nc2ccc(C=O)cc2)c(N2CC3(CCOCC3)C2)n1. The zero-order valence-corrected chi connectivity index (χ0v) is 15.8. The maximum absolute atomic E-state index is 12.9. The molecule has 1 amide bonds. The van der Waals surface area contributed by atoms with Gasteiger partial charge in [-0.1, -0.05) is 0 Å². The standard InChI is InChI=1S/C21H23N3O4/c1-27-18-7-6-17(20(26)22-16-4-2-15(12-25)3-5-16)19(23-18)24-13-21(14-24)8-10-28-11-9-21/h2-7,12H,8-11,13-14H2,1H3,(H,22,26). The van der Waals surface area contributed by atoms with Crippen LogP contribution in [0.2, 0.25) is 0 Å². The van der Waals surface area contributed by atoms with Gasteiger partial charge >= 0.3 is 0 Å². The Kier molecular flexibility index (Phi) is 5.00. The number of hydrogen-bond acceptors (Lipinski definition) is 6. The first-order valence-corrected chi connectivity index (χ1v) is 9.37. The summed E-state index contributed by atoms with van der Waals surface area (Å²) in [5.74, 6) is 0.880. The predicted molar refractivity (Wildman–Crippen MR) is 105 cm³/mol. The largest absolute Gasteiger partial charge is 0.481 e. The minimum atomic E-state index is -0.239. The third-order valence-corrected chi connectivity index (χ3v) is 5.51. The van der Waals surface area contributed by atoms with Gasteiger partial charge in [0.25, 0.3) is 5.91 Å². The van der Waals surface area contributed by atoms with Crippen molar-refractivity contribution in [2.24, 2.45) is 5.41 Å². The summed E-state index contributed by atoms with van der Waals surface area (Å²) in [4.78, 5) is 30.4. The molecule has 1 N–H and O–H groups in total. The molecule has 1 aromatic carbocycles. The lowest BCUT2D eigenvalue weighted by molar-refractivity contribution is -0.000538. The van der Waals surface area contributed by atoms with E-state index in [1.807, 2.05) is 0 Å². The summed E-state index contributed by atoms with van der Waals surface area (Å²) in [6.45, 7) is 3.32. The molecule has 2 aromatic rings. The van der Waals surface area contributed by atoms with Gasteiger partial charge in [-0.25, -0.2) is 0 Å². The molecule has 0 radical (unpaired) electrons. The number of methoxy groups -OCH3 is 1. The molecule has 146 valence electrons. The van der Waals surface area contributed by atoms with Crippen molar-refractivity contribution in [3.8, 4) is 5.88 Å². The Bertz CT molecular complexity index is 868. The first kappa shape index (κ1) is 18.4. The van der Waals surface area contributed by atoms with Gasteiger partial charge in [-0.2, -0.15) is 4.98 Å². The normalized spacial score (nSPS) is 17.7. The minimum Gasteiger partial charge on any atom is -0.481 e. The van der Waals surface area contributed by atoms with E-state index in [0.29, 0.717) is 28.5 Å². The van der Waals surface area contributed by atoms with E-state index in [4.69, 9.17) is 9.47 Å². The van der Waals surface area contributed by atoms with Crippen molar-refractivity contribution in [1.82, 2.24) is 4.98 Å². The number of benzene rings is 1. The molecule has 2 aliphatic heterocycles. The second kappa shape index (κ2) is 7.59. The first-order valence-electron chi connectivity index (χ1n) is 9.37. The summed E-state index contributed by atoms with van der Waals surface area (Å²) in [5, 5.41) is 2.88. The fourth-order valence-electron chi connectivity index (χ4n) is 3.84. The molecule has 2 fully saturated rings. The fourth-order valence-corrected chi connectivity index (χ4v) is 3.84. The van der Waals surface area contributed by atoms with Crippen molar-refractivity contribution in [3.05, 3.63) is 47.5 Å². The van der Waals surface area contributed by atoms with Crippen molar-refractivity contribution >= 4 is 23.7 Å². The highest BCUT2D eigenvalue weighted by Gasteiger charge is 2.45. The number of carbonyl (C=O) groups is 2. The van der Waals surface area contributed by atoms with Crippen LogP contribution in [-0.2, 0) is 4.74 Å². The molecule has 28 heavy (non-hydrogen) atoms. The molecule has 2 saturated heterocycles. The zero-order chi connectivity index (χ0) is 19.6. The van der Waals surface area contributed by atoms with Gasteiger partial charge in [-0.3, -0.25) is 9.59 Å². The highest BCUT2D eigenvalue weighted by Crippen LogP contribution is 2.42. The number of rotatable bonds is 5. The van der Waals surface area contributed by atoms with Crippen LogP contribution in [0.15, 0.2) is 36.4 Å². The number of nitrogens with one attached hydrogen (secondary N) is 1. The van der Waals surface area contributed by atoms with Gasteiger partial charge in [-0.05, 0) is 43.2 Å². The predicted octanol–water partition coefficient (Wildman–Crippen LogP) is 2.77. The number of aldehydes is 1. The summed E-state index contributed by atoms with van der Waals surface area (Å²) in [7, 11) is 1.57. The molecule has 0 saturated carbocycles. The van der Waals surface area contributed by atoms with E-state index < -0.39 is 0 Å². The van der Waals surface area contributed by atoms with Crippen LogP contribution in [0.3, 0.4) is 0 Å². The number of aromatic nitrogens is 1. The Morgan fingerprint density at radius 1 is 1.18 bits per heavy atom. The second-order valence-corrected chi connectivity index (χ2v) is 7.39. The fraction of sp³-hybridized carbons (Fsp3) is 0.381. The van der Waals surface area contributed by atoms with Crippen LogP contribution in [0.5, 0.6) is 5.88 Å². The van der Waals surface area contributed by atoms with Crippen LogP contribution in [0.1, 0.15) is 33.6 Å². The number of ether oxygens (including phenoxy) is 2. The van der Waals surface area contributed by atoms with Crippen molar-refractivity contribution < 1.29 is 19.1 Å². The first-order chi connectivity index (χ1) is 13.6. The lowest BCUT2D eigenvalue weighted by atomic mass is 9.73. The summed E-state index contributed by atoms with van der Waals surface area (Å²) in [5.41, 5.74) is 1.96. The van der Waals surface area contributed by atoms with E-state index in [0.717, 1.165) is 45.4 Å².